The third-order valence-corrected chi connectivity index (χ3v) is 4.86. The summed E-state index contributed by atoms with van der Waals surface area (Å²) in [5.41, 5.74) is 0. The van der Waals surface area contributed by atoms with E-state index in [2.05, 4.69) is 29.3 Å². The summed E-state index contributed by atoms with van der Waals surface area (Å²) in [7, 11) is 0. The summed E-state index contributed by atoms with van der Waals surface area (Å²) in [5.74, 6) is 1.70. The summed E-state index contributed by atoms with van der Waals surface area (Å²) in [6.45, 7) is 6.19. The molecule has 3 heterocycles. The lowest BCUT2D eigenvalue weighted by molar-refractivity contribution is -0.129. The van der Waals surface area contributed by atoms with Gasteiger partial charge < -0.3 is 10.2 Å². The van der Waals surface area contributed by atoms with Crippen LogP contribution in [0.15, 0.2) is 12.1 Å². The Hall–Kier alpha value is -0.870. The summed E-state index contributed by atoms with van der Waals surface area (Å²) in [4.78, 5) is 16.7. The van der Waals surface area contributed by atoms with Gasteiger partial charge in [0, 0.05) is 35.9 Å². The van der Waals surface area contributed by atoms with Crippen LogP contribution in [0.25, 0.3) is 0 Å². The van der Waals surface area contributed by atoms with E-state index in [1.807, 2.05) is 0 Å². The van der Waals surface area contributed by atoms with Crippen LogP contribution < -0.4 is 5.32 Å². The van der Waals surface area contributed by atoms with E-state index in [1.54, 1.807) is 11.3 Å². The highest BCUT2D eigenvalue weighted by molar-refractivity contribution is 7.12. The topological polar surface area (TPSA) is 32.3 Å². The number of hydrogen-bond donors (Lipinski definition) is 1. The van der Waals surface area contributed by atoms with Crippen molar-refractivity contribution in [2.24, 2.45) is 11.8 Å². The van der Waals surface area contributed by atoms with Crippen molar-refractivity contribution in [2.45, 2.75) is 13.3 Å². The third-order valence-electron chi connectivity index (χ3n) is 3.86. The molecule has 0 unspecified atom stereocenters. The van der Waals surface area contributed by atoms with Crippen LogP contribution >= 0.6 is 11.3 Å². The van der Waals surface area contributed by atoms with Gasteiger partial charge in [-0.25, -0.2) is 0 Å². The molecule has 3 nitrogen and oxygen atoms in total. The molecule has 4 heteroatoms. The summed E-state index contributed by atoms with van der Waals surface area (Å²) >= 11 is 1.74. The Morgan fingerprint density at radius 1 is 1.41 bits per heavy atom. The number of nitrogens with zero attached hydrogens (tertiary/aromatic N) is 1. The maximum atomic E-state index is 12.2. The van der Waals surface area contributed by atoms with Gasteiger partial charge in [-0.2, -0.15) is 0 Å². The van der Waals surface area contributed by atoms with Crippen molar-refractivity contribution in [1.29, 1.82) is 0 Å². The van der Waals surface area contributed by atoms with Crippen LogP contribution in [0.2, 0.25) is 0 Å². The van der Waals surface area contributed by atoms with E-state index in [9.17, 15) is 4.79 Å². The zero-order valence-corrected chi connectivity index (χ0v) is 10.9. The van der Waals surface area contributed by atoms with Gasteiger partial charge in [0.2, 0.25) is 5.91 Å². The molecular weight excluding hydrogens is 232 g/mol. The highest BCUT2D eigenvalue weighted by atomic mass is 32.1. The SMILES string of the molecule is Cc1ccc(CC(=O)N2C[C@H]3CNC[C@H]3C2)s1. The third kappa shape index (κ3) is 2.24. The second kappa shape index (κ2) is 4.42. The largest absolute Gasteiger partial charge is 0.342 e. The molecule has 1 N–H and O–H groups in total. The molecule has 1 amide bonds. The summed E-state index contributed by atoms with van der Waals surface area (Å²) in [6, 6.07) is 4.17. The fourth-order valence-electron chi connectivity index (χ4n) is 2.90. The molecule has 2 aliphatic rings. The van der Waals surface area contributed by atoms with Crippen molar-refractivity contribution >= 4 is 17.2 Å². The lowest BCUT2D eigenvalue weighted by Gasteiger charge is -2.16. The van der Waals surface area contributed by atoms with Gasteiger partial charge in [-0.15, -0.1) is 11.3 Å². The first kappa shape index (κ1) is 11.2. The first-order chi connectivity index (χ1) is 8.22. The number of thiophene rings is 1. The predicted molar refractivity (Wildman–Crippen MR) is 69.2 cm³/mol. The Morgan fingerprint density at radius 3 is 2.71 bits per heavy atom. The van der Waals surface area contributed by atoms with E-state index >= 15 is 0 Å². The summed E-state index contributed by atoms with van der Waals surface area (Å²) in [5, 5.41) is 3.40. The summed E-state index contributed by atoms with van der Waals surface area (Å²) < 4.78 is 0. The molecule has 2 atom stereocenters. The molecule has 0 aromatic carbocycles. The molecule has 2 fully saturated rings. The van der Waals surface area contributed by atoms with Crippen molar-refractivity contribution in [2.75, 3.05) is 26.2 Å². The van der Waals surface area contributed by atoms with E-state index < -0.39 is 0 Å². The molecule has 2 saturated heterocycles. The zero-order valence-electron chi connectivity index (χ0n) is 10.1. The minimum absolute atomic E-state index is 0.307. The van der Waals surface area contributed by atoms with E-state index in [-0.39, 0.29) is 0 Å². The molecule has 92 valence electrons. The Kier molecular flexibility index (Phi) is 2.92. The van der Waals surface area contributed by atoms with Crippen LogP contribution in [0.1, 0.15) is 9.75 Å². The lowest BCUT2D eigenvalue weighted by atomic mass is 10.0. The molecule has 1 aromatic rings. The molecule has 0 bridgehead atoms. The van der Waals surface area contributed by atoms with Gasteiger partial charge in [0.15, 0.2) is 0 Å². The van der Waals surface area contributed by atoms with Crippen molar-refractivity contribution in [3.8, 4) is 0 Å². The highest BCUT2D eigenvalue weighted by Crippen LogP contribution is 2.27. The van der Waals surface area contributed by atoms with E-state index in [0.29, 0.717) is 24.2 Å². The minimum atomic E-state index is 0.307. The molecule has 3 rings (SSSR count). The molecule has 17 heavy (non-hydrogen) atoms. The Bertz CT molecular complexity index is 417. The minimum Gasteiger partial charge on any atom is -0.342 e. The van der Waals surface area contributed by atoms with Crippen molar-refractivity contribution in [3.63, 3.8) is 0 Å². The molecule has 0 spiro atoms. The lowest BCUT2D eigenvalue weighted by Crippen LogP contribution is -2.32. The highest BCUT2D eigenvalue weighted by Gasteiger charge is 2.37. The quantitative estimate of drug-likeness (QED) is 0.857. The summed E-state index contributed by atoms with van der Waals surface area (Å²) in [6.07, 6.45) is 0.589. The van der Waals surface area contributed by atoms with Crippen molar-refractivity contribution in [3.05, 3.63) is 21.9 Å². The molecule has 2 aliphatic heterocycles. The number of rotatable bonds is 2. The number of nitrogens with one attached hydrogen (secondary N) is 1. The molecular formula is C13H18N2OS. The predicted octanol–water partition coefficient (Wildman–Crippen LogP) is 1.28. The number of likely N-dealkylation sites (tertiary alicyclic amines) is 1. The van der Waals surface area contributed by atoms with Crippen LogP contribution in [0, 0.1) is 18.8 Å². The standard InChI is InChI=1S/C13H18N2OS/c1-9-2-3-12(17-9)4-13(16)15-7-10-5-14-6-11(10)8-15/h2-3,10-11,14H,4-8H2,1H3/t10-,11+. The van der Waals surface area contributed by atoms with Crippen LogP contribution in [-0.4, -0.2) is 37.0 Å². The van der Waals surface area contributed by atoms with Gasteiger partial charge in [0.25, 0.3) is 0 Å². The second-order valence-electron chi connectivity index (χ2n) is 5.17. The first-order valence-corrected chi connectivity index (χ1v) is 7.08. The second-order valence-corrected chi connectivity index (χ2v) is 6.54. The molecule has 1 aromatic heterocycles. The number of hydrogen-bond acceptors (Lipinski definition) is 3. The monoisotopic (exact) mass is 250 g/mol. The molecule has 0 radical (unpaired) electrons. The number of amides is 1. The fraction of sp³-hybridized carbons (Fsp3) is 0.615. The number of fused-ring (bicyclic) bond motifs is 1. The average molecular weight is 250 g/mol. The van der Waals surface area contributed by atoms with Crippen LogP contribution in [0.4, 0.5) is 0 Å². The molecule has 0 saturated carbocycles. The Labute approximate surface area is 106 Å². The van der Waals surface area contributed by atoms with E-state index in [4.69, 9.17) is 0 Å². The van der Waals surface area contributed by atoms with Crippen molar-refractivity contribution < 1.29 is 4.79 Å². The van der Waals surface area contributed by atoms with Gasteiger partial charge in [0.05, 0.1) is 6.42 Å². The van der Waals surface area contributed by atoms with Crippen molar-refractivity contribution in [1.82, 2.24) is 10.2 Å². The average Bonchev–Trinajstić information content (AvgIpc) is 2.92. The first-order valence-electron chi connectivity index (χ1n) is 6.26. The smallest absolute Gasteiger partial charge is 0.227 e. The number of carbonyl (C=O) groups excluding carboxylic acids is 1. The van der Waals surface area contributed by atoms with Gasteiger partial charge in [-0.05, 0) is 30.9 Å². The van der Waals surface area contributed by atoms with Crippen LogP contribution in [0.3, 0.4) is 0 Å². The normalized spacial score (nSPS) is 27.5. The van der Waals surface area contributed by atoms with Gasteiger partial charge >= 0.3 is 0 Å². The maximum Gasteiger partial charge on any atom is 0.227 e. The fourth-order valence-corrected chi connectivity index (χ4v) is 3.78. The molecule has 0 aliphatic carbocycles. The van der Waals surface area contributed by atoms with E-state index in [0.717, 1.165) is 26.2 Å². The number of aryl methyl sites for hydroxylation is 1. The van der Waals surface area contributed by atoms with E-state index in [1.165, 1.54) is 9.75 Å². The van der Waals surface area contributed by atoms with Gasteiger partial charge in [-0.3, -0.25) is 4.79 Å². The van der Waals surface area contributed by atoms with Gasteiger partial charge in [0.1, 0.15) is 0 Å². The Morgan fingerprint density at radius 2 is 2.12 bits per heavy atom. The zero-order chi connectivity index (χ0) is 11.8. The van der Waals surface area contributed by atoms with Crippen LogP contribution in [-0.2, 0) is 11.2 Å². The maximum absolute atomic E-state index is 12.2. The van der Waals surface area contributed by atoms with Crippen LogP contribution in [0.5, 0.6) is 0 Å². The Balaban J connectivity index is 1.60. The number of carbonyl (C=O) groups is 1. The van der Waals surface area contributed by atoms with Gasteiger partial charge in [-0.1, -0.05) is 0 Å².